The highest BCUT2D eigenvalue weighted by atomic mass is 35.5. The lowest BCUT2D eigenvalue weighted by Gasteiger charge is -2.20. The lowest BCUT2D eigenvalue weighted by atomic mass is 9.85. The third-order valence-electron chi connectivity index (χ3n) is 7.76. The number of anilines is 2. The van der Waals surface area contributed by atoms with Crippen molar-refractivity contribution < 1.29 is 23.9 Å². The summed E-state index contributed by atoms with van der Waals surface area (Å²) >= 11 is 12.3. The van der Waals surface area contributed by atoms with E-state index in [9.17, 15) is 19.2 Å². The van der Waals surface area contributed by atoms with E-state index in [1.807, 2.05) is 0 Å². The van der Waals surface area contributed by atoms with Crippen molar-refractivity contribution in [3.8, 4) is 5.75 Å². The molecule has 184 valence electrons. The lowest BCUT2D eigenvalue weighted by molar-refractivity contribution is -0.139. The van der Waals surface area contributed by atoms with Crippen molar-refractivity contribution in [1.29, 1.82) is 0 Å². The van der Waals surface area contributed by atoms with Crippen molar-refractivity contribution in [2.75, 3.05) is 16.3 Å². The molecule has 7 nitrogen and oxygen atoms in total. The molecule has 36 heavy (non-hydrogen) atoms. The van der Waals surface area contributed by atoms with Crippen LogP contribution in [0.5, 0.6) is 5.75 Å². The largest absolute Gasteiger partial charge is 0.426 e. The molecule has 6 rings (SSSR count). The van der Waals surface area contributed by atoms with Gasteiger partial charge in [-0.15, -0.1) is 0 Å². The van der Waals surface area contributed by atoms with Crippen LogP contribution in [-0.4, -0.2) is 30.2 Å². The van der Waals surface area contributed by atoms with Gasteiger partial charge in [-0.3, -0.25) is 19.2 Å². The zero-order chi connectivity index (χ0) is 25.3. The Labute approximate surface area is 217 Å². The number of carbonyl (C=O) groups excluding carboxylic acids is 4. The van der Waals surface area contributed by atoms with Crippen LogP contribution < -0.4 is 14.5 Å². The van der Waals surface area contributed by atoms with Crippen LogP contribution in [0.15, 0.2) is 48.6 Å². The molecule has 2 saturated heterocycles. The number of allylic oxidation sites excluding steroid dienone is 2. The molecule has 9 heteroatoms. The number of halogens is 2. The minimum atomic E-state index is -0.670. The number of aryl methyl sites for hydroxylation is 1. The van der Waals surface area contributed by atoms with Crippen LogP contribution in [0.2, 0.25) is 10.0 Å². The van der Waals surface area contributed by atoms with Gasteiger partial charge < -0.3 is 9.64 Å². The van der Waals surface area contributed by atoms with Crippen LogP contribution in [0.25, 0.3) is 0 Å². The molecule has 5 atom stereocenters. The van der Waals surface area contributed by atoms with Gasteiger partial charge in [0.15, 0.2) is 0 Å². The predicted molar refractivity (Wildman–Crippen MR) is 134 cm³/mol. The number of ether oxygens (including phenoxy) is 1. The predicted octanol–water partition coefficient (Wildman–Crippen LogP) is 4.57. The number of imide groups is 1. The molecule has 0 aromatic heterocycles. The van der Waals surface area contributed by atoms with Crippen molar-refractivity contribution in [3.63, 3.8) is 0 Å². The van der Waals surface area contributed by atoms with Crippen molar-refractivity contribution in [1.82, 2.24) is 0 Å². The molecule has 3 amide bonds. The SMILES string of the molecule is Cc1cc(OC(=O)[C@@H]2CC(=O)N(c3cc(Cl)ccc3Cl)C2)ccc1N1C(=O)[C@@H]2[C@H](C1=O)[C@H]1C=C[C@H]2C1. The molecule has 2 heterocycles. The summed E-state index contributed by atoms with van der Waals surface area (Å²) in [6.07, 6.45) is 4.99. The van der Waals surface area contributed by atoms with E-state index in [1.54, 1.807) is 43.3 Å². The summed E-state index contributed by atoms with van der Waals surface area (Å²) in [5, 5.41) is 0.804. The number of nitrogens with zero attached hydrogens (tertiary/aromatic N) is 2. The van der Waals surface area contributed by atoms with Crippen molar-refractivity contribution >= 4 is 58.3 Å². The van der Waals surface area contributed by atoms with Gasteiger partial charge in [0.25, 0.3) is 0 Å². The first-order chi connectivity index (χ1) is 17.2. The molecule has 2 aliphatic heterocycles. The van der Waals surface area contributed by atoms with E-state index in [0.717, 1.165) is 6.42 Å². The Balaban J connectivity index is 1.16. The summed E-state index contributed by atoms with van der Waals surface area (Å²) in [5.74, 6) is -1.76. The Morgan fingerprint density at radius 3 is 2.31 bits per heavy atom. The number of hydrogen-bond acceptors (Lipinski definition) is 5. The molecule has 0 spiro atoms. The average molecular weight is 525 g/mol. The van der Waals surface area contributed by atoms with E-state index in [-0.39, 0.29) is 60.1 Å². The third-order valence-corrected chi connectivity index (χ3v) is 8.31. The van der Waals surface area contributed by atoms with Gasteiger partial charge in [0.1, 0.15) is 5.75 Å². The van der Waals surface area contributed by atoms with Crippen LogP contribution in [-0.2, 0) is 19.2 Å². The third kappa shape index (κ3) is 3.56. The maximum absolute atomic E-state index is 13.1. The van der Waals surface area contributed by atoms with Crippen molar-refractivity contribution in [3.05, 3.63) is 64.2 Å². The van der Waals surface area contributed by atoms with E-state index in [0.29, 0.717) is 27.0 Å². The second-order valence-electron chi connectivity index (χ2n) is 9.88. The minimum absolute atomic E-state index is 0.00529. The molecule has 0 unspecified atom stereocenters. The summed E-state index contributed by atoms with van der Waals surface area (Å²) in [4.78, 5) is 54.5. The van der Waals surface area contributed by atoms with E-state index >= 15 is 0 Å². The topological polar surface area (TPSA) is 84.0 Å². The van der Waals surface area contributed by atoms with Gasteiger partial charge in [0.2, 0.25) is 17.7 Å². The average Bonchev–Trinajstić information content (AvgIpc) is 3.60. The van der Waals surface area contributed by atoms with Crippen LogP contribution in [0.3, 0.4) is 0 Å². The molecule has 2 bridgehead atoms. The maximum atomic E-state index is 13.1. The normalized spacial score (nSPS) is 28.4. The quantitative estimate of drug-likeness (QED) is 0.253. The number of fused-ring (bicyclic) bond motifs is 5. The number of carbonyl (C=O) groups is 4. The smallest absolute Gasteiger partial charge is 0.316 e. The molecule has 4 aliphatic rings. The summed E-state index contributed by atoms with van der Waals surface area (Å²) in [6.45, 7) is 1.90. The van der Waals surface area contributed by atoms with Gasteiger partial charge in [0.05, 0.1) is 34.2 Å². The zero-order valence-electron chi connectivity index (χ0n) is 19.3. The molecule has 3 fully saturated rings. The van der Waals surface area contributed by atoms with Gasteiger partial charge >= 0.3 is 5.97 Å². The van der Waals surface area contributed by atoms with E-state index in [4.69, 9.17) is 27.9 Å². The number of esters is 1. The molecule has 2 aliphatic carbocycles. The number of benzene rings is 2. The zero-order valence-corrected chi connectivity index (χ0v) is 20.8. The van der Waals surface area contributed by atoms with Gasteiger partial charge in [-0.05, 0) is 67.1 Å². The van der Waals surface area contributed by atoms with E-state index in [2.05, 4.69) is 12.2 Å². The Bertz CT molecular complexity index is 1340. The second kappa shape index (κ2) is 8.46. The summed E-state index contributed by atoms with van der Waals surface area (Å²) in [5.41, 5.74) is 1.62. The van der Waals surface area contributed by atoms with Crippen LogP contribution in [0.1, 0.15) is 18.4 Å². The standard InChI is InChI=1S/C27H22Cl2N2O5/c1-13-8-18(5-7-20(13)31-25(33)23-14-2-3-15(9-14)24(23)26(31)34)36-27(35)16-10-22(32)30(12-16)21-11-17(28)4-6-19(21)29/h2-8,11,14-16,23-24H,9-10,12H2,1H3/t14-,15-,16+,23-,24+/m0/s1. The van der Waals surface area contributed by atoms with Gasteiger partial charge in [-0.25, -0.2) is 4.90 Å². The Kier molecular flexibility index (Phi) is 5.46. The highest BCUT2D eigenvalue weighted by molar-refractivity contribution is 6.36. The van der Waals surface area contributed by atoms with Crippen molar-refractivity contribution in [2.24, 2.45) is 29.6 Å². The first kappa shape index (κ1) is 23.3. The molecule has 2 aromatic rings. The van der Waals surface area contributed by atoms with E-state index < -0.39 is 11.9 Å². The van der Waals surface area contributed by atoms with Gasteiger partial charge in [-0.2, -0.15) is 0 Å². The van der Waals surface area contributed by atoms with Crippen molar-refractivity contribution in [2.45, 2.75) is 19.8 Å². The molecular formula is C27H22Cl2N2O5. The summed E-state index contributed by atoms with van der Waals surface area (Å²) < 4.78 is 5.58. The van der Waals surface area contributed by atoms with Gasteiger partial charge in [0, 0.05) is 18.0 Å². The summed E-state index contributed by atoms with van der Waals surface area (Å²) in [7, 11) is 0. The Morgan fingerprint density at radius 1 is 0.944 bits per heavy atom. The Hall–Kier alpha value is -3.16. The molecule has 0 N–H and O–H groups in total. The molecule has 0 radical (unpaired) electrons. The monoisotopic (exact) mass is 524 g/mol. The fourth-order valence-electron chi connectivity index (χ4n) is 6.07. The van der Waals surface area contributed by atoms with Crippen LogP contribution >= 0.6 is 23.2 Å². The summed E-state index contributed by atoms with van der Waals surface area (Å²) in [6, 6.07) is 9.67. The lowest BCUT2D eigenvalue weighted by Crippen LogP contribution is -2.33. The van der Waals surface area contributed by atoms with E-state index in [1.165, 1.54) is 9.80 Å². The second-order valence-corrected chi connectivity index (χ2v) is 10.7. The fraction of sp³-hybridized carbons (Fsp3) is 0.333. The fourth-order valence-corrected chi connectivity index (χ4v) is 6.46. The highest BCUT2D eigenvalue weighted by Gasteiger charge is 2.59. The number of amides is 3. The molecular weight excluding hydrogens is 503 g/mol. The first-order valence-electron chi connectivity index (χ1n) is 11.9. The highest BCUT2D eigenvalue weighted by Crippen LogP contribution is 2.53. The Morgan fingerprint density at radius 2 is 1.64 bits per heavy atom. The maximum Gasteiger partial charge on any atom is 0.316 e. The molecule has 2 aromatic carbocycles. The first-order valence-corrected chi connectivity index (χ1v) is 12.6. The number of rotatable bonds is 4. The minimum Gasteiger partial charge on any atom is -0.426 e. The van der Waals surface area contributed by atoms with Gasteiger partial charge in [-0.1, -0.05) is 35.4 Å². The number of hydrogen-bond donors (Lipinski definition) is 0. The molecule has 1 saturated carbocycles. The van der Waals surface area contributed by atoms with Crippen LogP contribution in [0, 0.1) is 36.5 Å². The van der Waals surface area contributed by atoms with Crippen LogP contribution in [0.4, 0.5) is 11.4 Å².